The summed E-state index contributed by atoms with van der Waals surface area (Å²) in [5.74, 6) is 1.33. The molecule has 18 heavy (non-hydrogen) atoms. The van der Waals surface area contributed by atoms with Crippen LogP contribution in [0.5, 0.6) is 11.5 Å². The number of aromatic hydroxyl groups is 1. The summed E-state index contributed by atoms with van der Waals surface area (Å²) in [6.45, 7) is 8.47. The molecule has 0 aromatic heterocycles. The third kappa shape index (κ3) is 2.46. The van der Waals surface area contributed by atoms with Crippen LogP contribution < -0.4 is 10.1 Å². The van der Waals surface area contributed by atoms with E-state index in [1.807, 2.05) is 6.07 Å². The van der Waals surface area contributed by atoms with Gasteiger partial charge in [-0.2, -0.15) is 0 Å². The monoisotopic (exact) mass is 249 g/mol. The highest BCUT2D eigenvalue weighted by Crippen LogP contribution is 2.40. The predicted molar refractivity (Wildman–Crippen MR) is 73.6 cm³/mol. The summed E-state index contributed by atoms with van der Waals surface area (Å²) in [6.07, 6.45) is 1.10. The first-order valence-electron chi connectivity index (χ1n) is 6.55. The Bertz CT molecular complexity index is 429. The van der Waals surface area contributed by atoms with Crippen molar-refractivity contribution < 1.29 is 9.84 Å². The van der Waals surface area contributed by atoms with Gasteiger partial charge in [0.2, 0.25) is 0 Å². The molecule has 1 aliphatic heterocycles. The van der Waals surface area contributed by atoms with Gasteiger partial charge < -0.3 is 15.2 Å². The van der Waals surface area contributed by atoms with Gasteiger partial charge in [-0.15, -0.1) is 0 Å². The van der Waals surface area contributed by atoms with Crippen molar-refractivity contribution in [2.45, 2.75) is 38.5 Å². The first kappa shape index (κ1) is 13.2. The predicted octanol–water partition coefficient (Wildman–Crippen LogP) is 2.78. The number of rotatable bonds is 2. The normalized spacial score (nSPS) is 20.1. The van der Waals surface area contributed by atoms with E-state index in [0.717, 1.165) is 30.6 Å². The molecule has 0 saturated carbocycles. The second kappa shape index (κ2) is 4.81. The topological polar surface area (TPSA) is 41.5 Å². The molecule has 1 fully saturated rings. The van der Waals surface area contributed by atoms with Crippen molar-refractivity contribution in [1.29, 1.82) is 0 Å². The number of hydrogen-bond donors (Lipinski definition) is 2. The first-order valence-corrected chi connectivity index (χ1v) is 6.55. The summed E-state index contributed by atoms with van der Waals surface area (Å²) in [5, 5.41) is 13.5. The van der Waals surface area contributed by atoms with Crippen LogP contribution in [0.2, 0.25) is 0 Å². The fraction of sp³-hybridized carbons (Fsp3) is 0.600. The van der Waals surface area contributed by atoms with Gasteiger partial charge in [-0.05, 0) is 30.0 Å². The van der Waals surface area contributed by atoms with Gasteiger partial charge in [0.05, 0.1) is 7.11 Å². The molecule has 0 radical (unpaired) electrons. The van der Waals surface area contributed by atoms with Crippen LogP contribution in [-0.4, -0.2) is 25.3 Å². The highest BCUT2D eigenvalue weighted by atomic mass is 16.5. The lowest BCUT2D eigenvalue weighted by molar-refractivity contribution is 0.365. The Hall–Kier alpha value is -1.22. The minimum absolute atomic E-state index is 0.0323. The number of phenolic OH excluding ortho intramolecular Hbond substituents is 1. The SMILES string of the molecule is COc1c(O)cc(C(C)(C)C)cc1C1CCNC1. The fourth-order valence-corrected chi connectivity index (χ4v) is 2.51. The van der Waals surface area contributed by atoms with E-state index in [1.165, 1.54) is 0 Å². The van der Waals surface area contributed by atoms with Gasteiger partial charge in [0, 0.05) is 18.0 Å². The summed E-state index contributed by atoms with van der Waals surface area (Å²) in [7, 11) is 1.62. The largest absolute Gasteiger partial charge is 0.504 e. The molecule has 3 nitrogen and oxygen atoms in total. The van der Waals surface area contributed by atoms with Crippen molar-refractivity contribution in [2.24, 2.45) is 0 Å². The molecule has 1 aromatic rings. The fourth-order valence-electron chi connectivity index (χ4n) is 2.51. The summed E-state index contributed by atoms with van der Waals surface area (Å²) >= 11 is 0. The molecular weight excluding hydrogens is 226 g/mol. The third-order valence-corrected chi connectivity index (χ3v) is 3.67. The first-order chi connectivity index (χ1) is 8.43. The molecule has 1 aromatic carbocycles. The van der Waals surface area contributed by atoms with Crippen LogP contribution in [0.4, 0.5) is 0 Å². The molecule has 2 N–H and O–H groups in total. The molecule has 1 heterocycles. The number of nitrogens with one attached hydrogen (secondary N) is 1. The van der Waals surface area contributed by atoms with Crippen LogP contribution in [0.15, 0.2) is 12.1 Å². The van der Waals surface area contributed by atoms with Gasteiger partial charge in [-0.3, -0.25) is 0 Å². The van der Waals surface area contributed by atoms with E-state index in [0.29, 0.717) is 11.7 Å². The highest BCUT2D eigenvalue weighted by Gasteiger charge is 2.25. The molecular formula is C15H23NO2. The van der Waals surface area contributed by atoms with Gasteiger partial charge in [-0.1, -0.05) is 26.8 Å². The van der Waals surface area contributed by atoms with Crippen LogP contribution >= 0.6 is 0 Å². The molecule has 100 valence electrons. The molecule has 1 unspecified atom stereocenters. The lowest BCUT2D eigenvalue weighted by Crippen LogP contribution is -2.14. The van der Waals surface area contributed by atoms with E-state index in [-0.39, 0.29) is 11.2 Å². The number of ether oxygens (including phenoxy) is 1. The van der Waals surface area contributed by atoms with Crippen LogP contribution in [0, 0.1) is 0 Å². The standard InChI is InChI=1S/C15H23NO2/c1-15(2,3)11-7-12(10-5-6-16-9-10)14(18-4)13(17)8-11/h7-8,10,16-17H,5-6,9H2,1-4H3. The van der Waals surface area contributed by atoms with E-state index in [4.69, 9.17) is 4.74 Å². The molecule has 3 heteroatoms. The maximum absolute atomic E-state index is 10.2. The minimum atomic E-state index is 0.0323. The van der Waals surface area contributed by atoms with Crippen molar-refractivity contribution in [2.75, 3.05) is 20.2 Å². The van der Waals surface area contributed by atoms with Crippen molar-refractivity contribution in [1.82, 2.24) is 5.32 Å². The molecule has 0 spiro atoms. The van der Waals surface area contributed by atoms with Crippen LogP contribution in [0.25, 0.3) is 0 Å². The smallest absolute Gasteiger partial charge is 0.164 e. The number of methoxy groups -OCH3 is 1. The van der Waals surface area contributed by atoms with Gasteiger partial charge in [0.15, 0.2) is 11.5 Å². The maximum atomic E-state index is 10.2. The Kier molecular flexibility index (Phi) is 3.53. The maximum Gasteiger partial charge on any atom is 0.164 e. The quantitative estimate of drug-likeness (QED) is 0.847. The molecule has 1 atom stereocenters. The number of hydrogen-bond acceptors (Lipinski definition) is 3. The average molecular weight is 249 g/mol. The molecule has 1 aliphatic rings. The van der Waals surface area contributed by atoms with Crippen LogP contribution in [0.1, 0.15) is 44.2 Å². The Morgan fingerprint density at radius 2 is 2.06 bits per heavy atom. The Balaban J connectivity index is 2.50. The van der Waals surface area contributed by atoms with Gasteiger partial charge in [0.1, 0.15) is 0 Å². The zero-order valence-corrected chi connectivity index (χ0v) is 11.7. The summed E-state index contributed by atoms with van der Waals surface area (Å²) < 4.78 is 5.38. The van der Waals surface area contributed by atoms with E-state index in [1.54, 1.807) is 7.11 Å². The van der Waals surface area contributed by atoms with E-state index in [2.05, 4.69) is 32.2 Å². The van der Waals surface area contributed by atoms with E-state index < -0.39 is 0 Å². The zero-order chi connectivity index (χ0) is 13.3. The molecule has 0 bridgehead atoms. The van der Waals surface area contributed by atoms with Gasteiger partial charge in [0.25, 0.3) is 0 Å². The molecule has 2 rings (SSSR count). The Morgan fingerprint density at radius 1 is 1.33 bits per heavy atom. The average Bonchev–Trinajstić information content (AvgIpc) is 2.79. The van der Waals surface area contributed by atoms with Crippen molar-refractivity contribution in [3.05, 3.63) is 23.3 Å². The summed E-state index contributed by atoms with van der Waals surface area (Å²) in [5.41, 5.74) is 2.32. The molecule has 0 amide bonds. The van der Waals surface area contributed by atoms with Crippen molar-refractivity contribution >= 4 is 0 Å². The molecule has 0 aliphatic carbocycles. The highest BCUT2D eigenvalue weighted by molar-refractivity contribution is 5.52. The summed E-state index contributed by atoms with van der Waals surface area (Å²) in [6, 6.07) is 4.01. The number of phenols is 1. The van der Waals surface area contributed by atoms with Gasteiger partial charge >= 0.3 is 0 Å². The Morgan fingerprint density at radius 3 is 2.56 bits per heavy atom. The zero-order valence-electron chi connectivity index (χ0n) is 11.7. The van der Waals surface area contributed by atoms with Crippen LogP contribution in [0.3, 0.4) is 0 Å². The van der Waals surface area contributed by atoms with Gasteiger partial charge in [-0.25, -0.2) is 0 Å². The molecule has 1 saturated heterocycles. The van der Waals surface area contributed by atoms with E-state index in [9.17, 15) is 5.11 Å². The lowest BCUT2D eigenvalue weighted by Gasteiger charge is -2.23. The lowest BCUT2D eigenvalue weighted by atomic mass is 9.83. The summed E-state index contributed by atoms with van der Waals surface area (Å²) in [4.78, 5) is 0. The van der Waals surface area contributed by atoms with E-state index >= 15 is 0 Å². The second-order valence-corrected chi connectivity index (χ2v) is 6.06. The minimum Gasteiger partial charge on any atom is -0.504 e. The van der Waals surface area contributed by atoms with Crippen LogP contribution in [-0.2, 0) is 5.41 Å². The Labute approximate surface area is 109 Å². The third-order valence-electron chi connectivity index (χ3n) is 3.67. The van der Waals surface area contributed by atoms with Crippen molar-refractivity contribution in [3.8, 4) is 11.5 Å². The second-order valence-electron chi connectivity index (χ2n) is 6.06. The number of benzene rings is 1. The van der Waals surface area contributed by atoms with Crippen molar-refractivity contribution in [3.63, 3.8) is 0 Å².